The quantitative estimate of drug-likeness (QED) is 0.317. The summed E-state index contributed by atoms with van der Waals surface area (Å²) in [5.41, 5.74) is 0.469. The lowest BCUT2D eigenvalue weighted by atomic mass is 10.1. The van der Waals surface area contributed by atoms with E-state index < -0.39 is 5.97 Å². The van der Waals surface area contributed by atoms with Gasteiger partial charge in [-0.05, 0) is 26.2 Å². The zero-order valence-electron chi connectivity index (χ0n) is 11.4. The number of carboxylic acids is 1. The number of hydrogen-bond acceptors (Lipinski definition) is 4. The van der Waals surface area contributed by atoms with Crippen molar-refractivity contribution in [1.82, 2.24) is 0 Å². The van der Waals surface area contributed by atoms with Gasteiger partial charge in [-0.25, -0.2) is 9.59 Å². The maximum Gasteiger partial charge on any atom is 0.333 e. The predicted octanol–water partition coefficient (Wildman–Crippen LogP) is 2.32. The molecule has 1 N–H and O–H groups in total. The molecule has 1 fully saturated rings. The molecule has 1 atom stereocenters. The number of carbonyl (C=O) groups excluding carboxylic acids is 1. The number of epoxide rings is 1. The van der Waals surface area contributed by atoms with E-state index in [4.69, 9.17) is 14.6 Å². The monoisotopic (exact) mass is 270 g/mol. The normalized spacial score (nSPS) is 15.7. The number of hydrogen-bond donors (Lipinski definition) is 1. The molecule has 0 spiro atoms. The third-order valence-electron chi connectivity index (χ3n) is 2.33. The van der Waals surface area contributed by atoms with Crippen LogP contribution in [0.1, 0.15) is 32.6 Å². The van der Waals surface area contributed by atoms with Crippen molar-refractivity contribution >= 4 is 11.9 Å². The van der Waals surface area contributed by atoms with E-state index in [1.807, 2.05) is 0 Å². The topological polar surface area (TPSA) is 76.1 Å². The smallest absolute Gasteiger partial charge is 0.333 e. The second kappa shape index (κ2) is 10.3. The summed E-state index contributed by atoms with van der Waals surface area (Å²) in [6.07, 6.45) is 5.70. The molecule has 0 amide bonds. The van der Waals surface area contributed by atoms with Crippen molar-refractivity contribution in [1.29, 1.82) is 0 Å². The molecule has 1 saturated heterocycles. The van der Waals surface area contributed by atoms with Crippen molar-refractivity contribution in [3.8, 4) is 0 Å². The molecule has 1 heterocycles. The average molecular weight is 270 g/mol. The van der Waals surface area contributed by atoms with E-state index in [9.17, 15) is 9.59 Å². The minimum absolute atomic E-state index is 0.282. The summed E-state index contributed by atoms with van der Waals surface area (Å²) >= 11 is 0. The van der Waals surface area contributed by atoms with Gasteiger partial charge in [0, 0.05) is 11.6 Å². The Morgan fingerprint density at radius 2 is 2.00 bits per heavy atom. The van der Waals surface area contributed by atoms with Crippen LogP contribution in [0.15, 0.2) is 24.8 Å². The van der Waals surface area contributed by atoms with Gasteiger partial charge < -0.3 is 14.6 Å². The Morgan fingerprint density at radius 3 is 2.42 bits per heavy atom. The van der Waals surface area contributed by atoms with E-state index in [1.54, 1.807) is 6.92 Å². The van der Waals surface area contributed by atoms with Crippen LogP contribution in [-0.2, 0) is 19.1 Å². The molecule has 5 nitrogen and oxygen atoms in total. The van der Waals surface area contributed by atoms with Gasteiger partial charge in [-0.2, -0.15) is 0 Å². The summed E-state index contributed by atoms with van der Waals surface area (Å²) in [5.74, 6) is -1.26. The fraction of sp³-hybridized carbons (Fsp3) is 0.571. The molecular weight excluding hydrogens is 248 g/mol. The number of aliphatic carboxylic acids is 1. The van der Waals surface area contributed by atoms with E-state index in [1.165, 1.54) is 0 Å². The molecule has 1 aliphatic rings. The molecule has 0 aliphatic carbocycles. The number of ether oxygens (including phenoxy) is 2. The van der Waals surface area contributed by atoms with Crippen LogP contribution in [0.5, 0.6) is 0 Å². The number of rotatable bonds is 8. The average Bonchev–Trinajstić information content (AvgIpc) is 3.17. The number of esters is 1. The molecule has 0 bridgehead atoms. The second-order valence-corrected chi connectivity index (χ2v) is 4.26. The van der Waals surface area contributed by atoms with E-state index in [2.05, 4.69) is 13.2 Å². The minimum Gasteiger partial charge on any atom is -0.478 e. The van der Waals surface area contributed by atoms with E-state index in [0.29, 0.717) is 18.3 Å². The Kier molecular flexibility index (Phi) is 9.44. The fourth-order valence-electron chi connectivity index (χ4n) is 1.17. The Labute approximate surface area is 113 Å². The second-order valence-electron chi connectivity index (χ2n) is 4.26. The lowest BCUT2D eigenvalue weighted by Gasteiger charge is -2.03. The molecule has 1 rings (SSSR count). The van der Waals surface area contributed by atoms with Crippen LogP contribution in [0.2, 0.25) is 0 Å². The Hall–Kier alpha value is -1.62. The van der Waals surface area contributed by atoms with Gasteiger partial charge in [0.1, 0.15) is 0 Å². The van der Waals surface area contributed by atoms with Gasteiger partial charge in [-0.15, -0.1) is 0 Å². The van der Waals surface area contributed by atoms with E-state index in [0.717, 1.165) is 38.4 Å². The van der Waals surface area contributed by atoms with Crippen LogP contribution in [0.4, 0.5) is 0 Å². The Bertz CT molecular complexity index is 318. The zero-order valence-corrected chi connectivity index (χ0v) is 11.4. The molecule has 1 unspecified atom stereocenters. The third-order valence-corrected chi connectivity index (χ3v) is 2.33. The lowest BCUT2D eigenvalue weighted by Crippen LogP contribution is -2.06. The first-order valence-corrected chi connectivity index (χ1v) is 6.27. The van der Waals surface area contributed by atoms with Gasteiger partial charge >= 0.3 is 11.9 Å². The molecule has 108 valence electrons. The first-order valence-electron chi connectivity index (χ1n) is 6.27. The SMILES string of the molecule is C=C(C)C(=O)OCCCCCC1CO1.C=CC(=O)O. The summed E-state index contributed by atoms with van der Waals surface area (Å²) < 4.78 is 10.0. The highest BCUT2D eigenvalue weighted by molar-refractivity contribution is 5.86. The molecule has 0 aromatic rings. The van der Waals surface area contributed by atoms with Crippen molar-refractivity contribution in [3.05, 3.63) is 24.8 Å². The molecule has 0 aromatic heterocycles. The summed E-state index contributed by atoms with van der Waals surface area (Å²) in [6, 6.07) is 0. The highest BCUT2D eigenvalue weighted by atomic mass is 16.6. The Balaban J connectivity index is 0.000000555. The molecule has 0 radical (unpaired) electrons. The van der Waals surface area contributed by atoms with Gasteiger partial charge in [0.05, 0.1) is 19.3 Å². The van der Waals surface area contributed by atoms with Crippen molar-refractivity contribution in [2.45, 2.75) is 38.7 Å². The standard InChI is InChI=1S/C11H18O3.C3H4O2/c1-9(2)11(12)13-7-5-3-4-6-10-8-14-10;1-2-3(4)5/h10H,1,3-8H2,2H3;2H,1H2,(H,4,5). The molecule has 5 heteroatoms. The number of carboxylic acid groups (broad SMARTS) is 1. The van der Waals surface area contributed by atoms with Gasteiger partial charge in [-0.1, -0.05) is 19.6 Å². The summed E-state index contributed by atoms with van der Waals surface area (Å²) in [7, 11) is 0. The van der Waals surface area contributed by atoms with Crippen LogP contribution in [0.25, 0.3) is 0 Å². The molecule has 0 saturated carbocycles. The Morgan fingerprint density at radius 1 is 1.42 bits per heavy atom. The third kappa shape index (κ3) is 12.6. The summed E-state index contributed by atoms with van der Waals surface area (Å²) in [6.45, 7) is 9.58. The lowest BCUT2D eigenvalue weighted by molar-refractivity contribution is -0.139. The van der Waals surface area contributed by atoms with Gasteiger partial charge in [0.25, 0.3) is 0 Å². The first kappa shape index (κ1) is 17.4. The molecule has 19 heavy (non-hydrogen) atoms. The van der Waals surface area contributed by atoms with Crippen molar-refractivity contribution in [2.75, 3.05) is 13.2 Å². The van der Waals surface area contributed by atoms with Crippen molar-refractivity contribution in [2.24, 2.45) is 0 Å². The van der Waals surface area contributed by atoms with Gasteiger partial charge in [-0.3, -0.25) is 0 Å². The zero-order chi connectivity index (χ0) is 14.7. The molecule has 0 aromatic carbocycles. The van der Waals surface area contributed by atoms with Crippen LogP contribution >= 0.6 is 0 Å². The highest BCUT2D eigenvalue weighted by Crippen LogP contribution is 2.16. The largest absolute Gasteiger partial charge is 0.478 e. The number of unbranched alkanes of at least 4 members (excludes halogenated alkanes) is 2. The van der Waals surface area contributed by atoms with Crippen molar-refractivity contribution < 1.29 is 24.2 Å². The summed E-state index contributed by atoms with van der Waals surface area (Å²) in [4.78, 5) is 20.2. The molecule has 1 aliphatic heterocycles. The van der Waals surface area contributed by atoms with Crippen molar-refractivity contribution in [3.63, 3.8) is 0 Å². The fourth-order valence-corrected chi connectivity index (χ4v) is 1.17. The van der Waals surface area contributed by atoms with Crippen LogP contribution in [0.3, 0.4) is 0 Å². The van der Waals surface area contributed by atoms with Gasteiger partial charge in [0.15, 0.2) is 0 Å². The first-order chi connectivity index (χ1) is 8.97. The van der Waals surface area contributed by atoms with E-state index in [-0.39, 0.29) is 5.97 Å². The maximum absolute atomic E-state index is 11.0. The summed E-state index contributed by atoms with van der Waals surface area (Å²) in [5, 5.41) is 7.60. The maximum atomic E-state index is 11.0. The van der Waals surface area contributed by atoms with E-state index >= 15 is 0 Å². The van der Waals surface area contributed by atoms with Crippen LogP contribution < -0.4 is 0 Å². The van der Waals surface area contributed by atoms with Crippen LogP contribution in [-0.4, -0.2) is 36.4 Å². The van der Waals surface area contributed by atoms with Gasteiger partial charge in [0.2, 0.25) is 0 Å². The minimum atomic E-state index is -0.981. The predicted molar refractivity (Wildman–Crippen MR) is 71.8 cm³/mol. The highest BCUT2D eigenvalue weighted by Gasteiger charge is 2.20. The van der Waals surface area contributed by atoms with Crippen LogP contribution in [0, 0.1) is 0 Å². The molecular formula is C14H22O5. The number of carbonyl (C=O) groups is 2.